The van der Waals surface area contributed by atoms with E-state index in [1.807, 2.05) is 42.5 Å². The van der Waals surface area contributed by atoms with E-state index < -0.39 is 11.9 Å². The van der Waals surface area contributed by atoms with Gasteiger partial charge >= 0.3 is 11.9 Å². The molecule has 0 unspecified atom stereocenters. The van der Waals surface area contributed by atoms with Gasteiger partial charge in [0.15, 0.2) is 0 Å². The third-order valence-corrected chi connectivity index (χ3v) is 5.96. The van der Waals surface area contributed by atoms with Gasteiger partial charge < -0.3 is 15.1 Å². The lowest BCUT2D eigenvalue weighted by atomic mass is 10.0. The van der Waals surface area contributed by atoms with Crippen molar-refractivity contribution in [3.8, 4) is 0 Å². The second-order valence-electron chi connectivity index (χ2n) is 7.33. The summed E-state index contributed by atoms with van der Waals surface area (Å²) < 4.78 is 0. The minimum Gasteiger partial charge on any atom is -0.478 e. The summed E-state index contributed by atoms with van der Waals surface area (Å²) >= 11 is 14.4. The van der Waals surface area contributed by atoms with Crippen molar-refractivity contribution in [1.82, 2.24) is 4.90 Å². The Bertz CT molecular complexity index is 1100. The van der Waals surface area contributed by atoms with Crippen molar-refractivity contribution in [3.63, 3.8) is 0 Å². The largest absolute Gasteiger partial charge is 0.478 e. The molecule has 0 amide bonds. The van der Waals surface area contributed by atoms with Crippen molar-refractivity contribution in [2.75, 3.05) is 32.9 Å². The number of carboxylic acid groups (broad SMARTS) is 2. The van der Waals surface area contributed by atoms with E-state index in [0.717, 1.165) is 46.3 Å². The fourth-order valence-corrected chi connectivity index (χ4v) is 4.10. The molecular weight excluding hydrogens is 497 g/mol. The van der Waals surface area contributed by atoms with Crippen LogP contribution in [-0.4, -0.2) is 70.7 Å². The van der Waals surface area contributed by atoms with Crippen LogP contribution in [0.4, 0.5) is 5.69 Å². The van der Waals surface area contributed by atoms with Gasteiger partial charge in [-0.2, -0.15) is 0 Å². The number of aliphatic carboxylic acids is 2. The number of aliphatic imine (C=N–C) groups is 2. The number of rotatable bonds is 7. The molecular formula is C24H25Cl2N3O4S. The van der Waals surface area contributed by atoms with Crippen LogP contribution in [0.3, 0.4) is 0 Å². The molecule has 0 aromatic heterocycles. The fraction of sp³-hybridized carbons (Fsp3) is 0.250. The zero-order chi connectivity index (χ0) is 25.1. The minimum absolute atomic E-state index is 0.555. The highest BCUT2D eigenvalue weighted by atomic mass is 35.5. The number of nitrogens with zero attached hydrogens (tertiary/aromatic N) is 3. The number of thioether (sulfide) groups is 1. The Morgan fingerprint density at radius 2 is 1.74 bits per heavy atom. The van der Waals surface area contributed by atoms with E-state index in [0.29, 0.717) is 28.7 Å². The van der Waals surface area contributed by atoms with Crippen LogP contribution >= 0.6 is 35.0 Å². The molecule has 2 N–H and O–H groups in total. The minimum atomic E-state index is -1.26. The zero-order valence-corrected chi connectivity index (χ0v) is 21.1. The predicted molar refractivity (Wildman–Crippen MR) is 141 cm³/mol. The van der Waals surface area contributed by atoms with E-state index in [9.17, 15) is 9.59 Å². The molecule has 34 heavy (non-hydrogen) atoms. The lowest BCUT2D eigenvalue weighted by molar-refractivity contribution is -0.134. The SMILES string of the molecule is CN(C)CCCSC1=Nc2ccc(Cl)cc2C(c2ccccc2Cl)=NC1.O=C(O)/C=C/C(=O)O. The third kappa shape index (κ3) is 9.30. The first-order valence-corrected chi connectivity index (χ1v) is 12.0. The Morgan fingerprint density at radius 3 is 2.35 bits per heavy atom. The van der Waals surface area contributed by atoms with Gasteiger partial charge in [0.2, 0.25) is 0 Å². The number of halogens is 2. The molecule has 1 aliphatic rings. The number of hydrogen-bond acceptors (Lipinski definition) is 6. The normalized spacial score (nSPS) is 12.9. The van der Waals surface area contributed by atoms with Crippen molar-refractivity contribution >= 4 is 63.3 Å². The van der Waals surface area contributed by atoms with E-state index in [2.05, 4.69) is 19.0 Å². The maximum Gasteiger partial charge on any atom is 0.328 e. The van der Waals surface area contributed by atoms with Gasteiger partial charge in [-0.15, -0.1) is 11.8 Å². The maximum absolute atomic E-state index is 9.55. The number of carbonyl (C=O) groups is 2. The van der Waals surface area contributed by atoms with Gasteiger partial charge in [-0.1, -0.05) is 41.4 Å². The van der Waals surface area contributed by atoms with Crippen LogP contribution in [0.2, 0.25) is 10.0 Å². The molecule has 0 bridgehead atoms. The van der Waals surface area contributed by atoms with E-state index in [4.69, 9.17) is 43.4 Å². The Balaban J connectivity index is 0.000000440. The molecule has 0 aliphatic carbocycles. The number of hydrogen-bond donors (Lipinski definition) is 2. The van der Waals surface area contributed by atoms with Gasteiger partial charge in [-0.25, -0.2) is 14.6 Å². The number of fused-ring (bicyclic) bond motifs is 1. The molecule has 2 aromatic rings. The van der Waals surface area contributed by atoms with Crippen LogP contribution in [-0.2, 0) is 9.59 Å². The molecule has 3 rings (SSSR count). The van der Waals surface area contributed by atoms with Crippen LogP contribution in [0, 0.1) is 0 Å². The topological polar surface area (TPSA) is 103 Å². The Hall–Kier alpha value is -2.65. The second-order valence-corrected chi connectivity index (χ2v) is 9.34. The van der Waals surface area contributed by atoms with Crippen LogP contribution in [0.25, 0.3) is 0 Å². The molecule has 1 aliphatic heterocycles. The average molecular weight is 522 g/mol. The van der Waals surface area contributed by atoms with E-state index in [-0.39, 0.29) is 0 Å². The van der Waals surface area contributed by atoms with Gasteiger partial charge in [-0.05, 0) is 51.3 Å². The molecule has 0 saturated carbocycles. The van der Waals surface area contributed by atoms with Crippen molar-refractivity contribution in [2.24, 2.45) is 9.98 Å². The number of carboxylic acids is 2. The lowest BCUT2D eigenvalue weighted by Crippen LogP contribution is -2.14. The molecule has 10 heteroatoms. The predicted octanol–water partition coefficient (Wildman–Crippen LogP) is 5.27. The Morgan fingerprint density at radius 1 is 1.06 bits per heavy atom. The molecule has 0 atom stereocenters. The highest BCUT2D eigenvalue weighted by molar-refractivity contribution is 8.14. The molecule has 0 spiro atoms. The summed E-state index contributed by atoms with van der Waals surface area (Å²) in [7, 11) is 4.18. The fourth-order valence-electron chi connectivity index (χ4n) is 2.87. The molecule has 1 heterocycles. The van der Waals surface area contributed by atoms with Crippen molar-refractivity contribution in [1.29, 1.82) is 0 Å². The van der Waals surface area contributed by atoms with Crippen molar-refractivity contribution < 1.29 is 19.8 Å². The maximum atomic E-state index is 9.55. The van der Waals surface area contributed by atoms with Crippen LogP contribution in [0.5, 0.6) is 0 Å². The summed E-state index contributed by atoms with van der Waals surface area (Å²) in [4.78, 5) is 31.0. The molecule has 0 saturated heterocycles. The second kappa shape index (κ2) is 13.9. The average Bonchev–Trinajstić information content (AvgIpc) is 2.95. The van der Waals surface area contributed by atoms with Crippen LogP contribution in [0.1, 0.15) is 17.5 Å². The van der Waals surface area contributed by atoms with Crippen LogP contribution < -0.4 is 0 Å². The Labute approximate surface area is 212 Å². The highest BCUT2D eigenvalue weighted by Crippen LogP contribution is 2.31. The summed E-state index contributed by atoms with van der Waals surface area (Å²) in [5.74, 6) is -1.49. The summed E-state index contributed by atoms with van der Waals surface area (Å²) in [6.45, 7) is 1.63. The summed E-state index contributed by atoms with van der Waals surface area (Å²) in [6.07, 6.45) is 2.23. The molecule has 180 valence electrons. The summed E-state index contributed by atoms with van der Waals surface area (Å²) in [5, 5.41) is 18.0. The zero-order valence-electron chi connectivity index (χ0n) is 18.7. The molecule has 7 nitrogen and oxygen atoms in total. The number of benzene rings is 2. The van der Waals surface area contributed by atoms with Crippen LogP contribution in [0.15, 0.2) is 64.6 Å². The summed E-state index contributed by atoms with van der Waals surface area (Å²) in [5.41, 5.74) is 3.57. The third-order valence-electron chi connectivity index (χ3n) is 4.35. The Kier molecular flexibility index (Phi) is 11.3. The standard InChI is InChI=1S/C20H21Cl2N3S.C4H4O4/c1-25(2)10-5-11-26-19-13-23-20(15-6-3-4-7-17(15)22)16-12-14(21)8-9-18(16)24-19;5-3(6)1-2-4(7)8/h3-4,6-9,12H,5,10-11,13H2,1-2H3;1-2H,(H,5,6)(H,7,8)/b;2-1+. The molecule has 2 aromatic carbocycles. The monoisotopic (exact) mass is 521 g/mol. The highest BCUT2D eigenvalue weighted by Gasteiger charge is 2.18. The van der Waals surface area contributed by atoms with E-state index in [1.54, 1.807) is 11.8 Å². The van der Waals surface area contributed by atoms with Crippen molar-refractivity contribution in [2.45, 2.75) is 6.42 Å². The molecule has 0 radical (unpaired) electrons. The smallest absolute Gasteiger partial charge is 0.328 e. The first-order chi connectivity index (χ1) is 16.2. The van der Waals surface area contributed by atoms with E-state index >= 15 is 0 Å². The van der Waals surface area contributed by atoms with Gasteiger partial charge in [0.25, 0.3) is 0 Å². The lowest BCUT2D eigenvalue weighted by Gasteiger charge is -2.10. The summed E-state index contributed by atoms with van der Waals surface area (Å²) in [6, 6.07) is 13.5. The quantitative estimate of drug-likeness (QED) is 0.380. The van der Waals surface area contributed by atoms with Gasteiger partial charge in [0, 0.05) is 39.1 Å². The van der Waals surface area contributed by atoms with Crippen molar-refractivity contribution in [3.05, 3.63) is 75.8 Å². The van der Waals surface area contributed by atoms with Gasteiger partial charge in [-0.3, -0.25) is 4.99 Å². The van der Waals surface area contributed by atoms with Gasteiger partial charge in [0.1, 0.15) is 0 Å². The van der Waals surface area contributed by atoms with E-state index in [1.165, 1.54) is 0 Å². The van der Waals surface area contributed by atoms with Gasteiger partial charge in [0.05, 0.1) is 23.0 Å². The molecule has 0 fully saturated rings. The first-order valence-electron chi connectivity index (χ1n) is 10.3. The first kappa shape index (κ1) is 27.6.